The van der Waals surface area contributed by atoms with Crippen molar-refractivity contribution < 1.29 is 9.13 Å². The van der Waals surface area contributed by atoms with Gasteiger partial charge in [0.05, 0.1) is 6.61 Å². The smallest absolute Gasteiger partial charge is 0.217 e. The van der Waals surface area contributed by atoms with E-state index in [9.17, 15) is 4.39 Å². The van der Waals surface area contributed by atoms with Crippen LogP contribution in [-0.4, -0.2) is 31.3 Å². The van der Waals surface area contributed by atoms with Crippen molar-refractivity contribution in [2.75, 3.05) is 6.61 Å². The number of benzene rings is 1. The monoisotopic (exact) mass is 345 g/mol. The van der Waals surface area contributed by atoms with E-state index < -0.39 is 0 Å². The van der Waals surface area contributed by atoms with Gasteiger partial charge < -0.3 is 9.30 Å². The van der Waals surface area contributed by atoms with Crippen molar-refractivity contribution in [3.63, 3.8) is 0 Å². The molecule has 2 heterocycles. The molecule has 0 bridgehead atoms. The van der Waals surface area contributed by atoms with Crippen molar-refractivity contribution in [2.24, 2.45) is 0 Å². The fourth-order valence-corrected chi connectivity index (χ4v) is 3.01. The Bertz CT molecular complexity index is 822. The van der Waals surface area contributed by atoms with Crippen molar-refractivity contribution >= 4 is 11.8 Å². The normalized spacial score (nSPS) is 10.8. The summed E-state index contributed by atoms with van der Waals surface area (Å²) in [5.74, 6) is 0.941. The highest BCUT2D eigenvalue weighted by atomic mass is 32.2. The van der Waals surface area contributed by atoms with Gasteiger partial charge in [-0.15, -0.1) is 10.2 Å². The van der Waals surface area contributed by atoms with Crippen LogP contribution in [-0.2, 0) is 6.54 Å². The van der Waals surface area contributed by atoms with E-state index in [-0.39, 0.29) is 5.82 Å². The lowest BCUT2D eigenvalue weighted by atomic mass is 10.2. The van der Waals surface area contributed by atoms with E-state index in [4.69, 9.17) is 4.74 Å². The van der Waals surface area contributed by atoms with Gasteiger partial charge in [-0.3, -0.25) is 0 Å². The van der Waals surface area contributed by atoms with Gasteiger partial charge >= 0.3 is 0 Å². The van der Waals surface area contributed by atoms with Gasteiger partial charge in [0.1, 0.15) is 17.2 Å². The first kappa shape index (κ1) is 16.4. The molecule has 6 nitrogen and oxygen atoms in total. The zero-order chi connectivity index (χ0) is 16.9. The highest BCUT2D eigenvalue weighted by Crippen LogP contribution is 2.29. The Kier molecular flexibility index (Phi) is 5.05. The molecular weight excluding hydrogens is 329 g/mol. The second-order valence-electron chi connectivity index (χ2n) is 4.79. The molecule has 0 saturated carbocycles. The molecule has 124 valence electrons. The van der Waals surface area contributed by atoms with Crippen LogP contribution in [0, 0.1) is 5.82 Å². The van der Waals surface area contributed by atoms with E-state index in [0.29, 0.717) is 30.0 Å². The third-order valence-electron chi connectivity index (χ3n) is 3.24. The average Bonchev–Trinajstić information content (AvgIpc) is 2.99. The molecule has 0 saturated heterocycles. The van der Waals surface area contributed by atoms with Gasteiger partial charge in [-0.05, 0) is 49.9 Å². The number of halogens is 1. The van der Waals surface area contributed by atoms with Crippen LogP contribution in [0.25, 0.3) is 11.4 Å². The summed E-state index contributed by atoms with van der Waals surface area (Å²) in [5, 5.41) is 9.90. The maximum absolute atomic E-state index is 13.1. The minimum atomic E-state index is -0.277. The Morgan fingerprint density at radius 3 is 2.62 bits per heavy atom. The summed E-state index contributed by atoms with van der Waals surface area (Å²) in [6, 6.07) is 7.97. The summed E-state index contributed by atoms with van der Waals surface area (Å²) < 4.78 is 20.4. The summed E-state index contributed by atoms with van der Waals surface area (Å²) >= 11 is 1.38. The molecule has 3 aromatic rings. The predicted molar refractivity (Wildman–Crippen MR) is 88.4 cm³/mol. The van der Waals surface area contributed by atoms with Crippen molar-refractivity contribution in [3.05, 3.63) is 42.5 Å². The zero-order valence-electron chi connectivity index (χ0n) is 13.3. The lowest BCUT2D eigenvalue weighted by Gasteiger charge is -2.07. The van der Waals surface area contributed by atoms with Gasteiger partial charge in [-0.2, -0.15) is 0 Å². The van der Waals surface area contributed by atoms with Gasteiger partial charge in [0, 0.05) is 18.2 Å². The molecule has 0 aliphatic rings. The molecule has 2 aromatic heterocycles. The molecule has 0 N–H and O–H groups in total. The van der Waals surface area contributed by atoms with Crippen LogP contribution in [0.15, 0.2) is 46.8 Å². The van der Waals surface area contributed by atoms with E-state index in [1.165, 1.54) is 30.2 Å². The summed E-state index contributed by atoms with van der Waals surface area (Å²) in [6.45, 7) is 5.13. The van der Waals surface area contributed by atoms with E-state index in [1.54, 1.807) is 18.2 Å². The van der Waals surface area contributed by atoms with Crippen LogP contribution in [0.2, 0.25) is 0 Å². The fourth-order valence-electron chi connectivity index (χ4n) is 2.16. The van der Waals surface area contributed by atoms with Gasteiger partial charge in [0.2, 0.25) is 5.88 Å². The maximum atomic E-state index is 13.1. The Balaban J connectivity index is 1.89. The van der Waals surface area contributed by atoms with Gasteiger partial charge in [0.25, 0.3) is 0 Å². The van der Waals surface area contributed by atoms with Crippen LogP contribution < -0.4 is 4.74 Å². The zero-order valence-corrected chi connectivity index (χ0v) is 14.1. The summed E-state index contributed by atoms with van der Waals surface area (Å²) in [7, 11) is 0. The Morgan fingerprint density at radius 2 is 1.92 bits per heavy atom. The lowest BCUT2D eigenvalue weighted by Crippen LogP contribution is -2.00. The summed E-state index contributed by atoms with van der Waals surface area (Å²) in [6.07, 6.45) is 1.46. The lowest BCUT2D eigenvalue weighted by molar-refractivity contribution is 0.324. The number of aromatic nitrogens is 5. The minimum absolute atomic E-state index is 0.277. The van der Waals surface area contributed by atoms with Crippen molar-refractivity contribution in [1.82, 2.24) is 24.7 Å². The quantitative estimate of drug-likeness (QED) is 0.638. The molecule has 0 aliphatic carbocycles. The number of hydrogen-bond donors (Lipinski definition) is 0. The number of hydrogen-bond acceptors (Lipinski definition) is 6. The molecule has 0 atom stereocenters. The van der Waals surface area contributed by atoms with Crippen LogP contribution in [0.4, 0.5) is 4.39 Å². The molecule has 0 fully saturated rings. The van der Waals surface area contributed by atoms with E-state index in [0.717, 1.165) is 10.6 Å². The Hall–Kier alpha value is -2.48. The molecule has 0 amide bonds. The first-order valence-electron chi connectivity index (χ1n) is 7.53. The van der Waals surface area contributed by atoms with E-state index in [1.807, 2.05) is 18.4 Å². The van der Waals surface area contributed by atoms with Crippen LogP contribution in [0.5, 0.6) is 5.88 Å². The molecule has 24 heavy (non-hydrogen) atoms. The summed E-state index contributed by atoms with van der Waals surface area (Å²) in [4.78, 5) is 8.28. The topological polar surface area (TPSA) is 65.7 Å². The van der Waals surface area contributed by atoms with Crippen LogP contribution in [0.3, 0.4) is 0 Å². The van der Waals surface area contributed by atoms with Crippen molar-refractivity contribution in [3.8, 4) is 17.3 Å². The standard InChI is InChI=1S/C16H16FN5OS/c1-3-22-15(11-5-7-12(17)8-6-11)20-21-16(22)24-14-9-13(23-4-2)18-10-19-14/h5-10H,3-4H2,1-2H3. The van der Waals surface area contributed by atoms with Crippen molar-refractivity contribution in [1.29, 1.82) is 0 Å². The van der Waals surface area contributed by atoms with Gasteiger partial charge in [0.15, 0.2) is 11.0 Å². The third-order valence-corrected chi connectivity index (χ3v) is 4.16. The SMILES string of the molecule is CCOc1cc(Sc2nnc(-c3ccc(F)cc3)n2CC)ncn1. The average molecular weight is 345 g/mol. The first-order valence-corrected chi connectivity index (χ1v) is 8.34. The molecule has 0 unspecified atom stereocenters. The number of nitrogens with zero attached hydrogens (tertiary/aromatic N) is 5. The second-order valence-corrected chi connectivity index (χ2v) is 5.77. The summed E-state index contributed by atoms with van der Waals surface area (Å²) in [5.41, 5.74) is 0.815. The van der Waals surface area contributed by atoms with Crippen molar-refractivity contribution in [2.45, 2.75) is 30.6 Å². The van der Waals surface area contributed by atoms with Crippen LogP contribution >= 0.6 is 11.8 Å². The molecular formula is C16H16FN5OS. The molecule has 3 rings (SSSR count). The van der Waals surface area contributed by atoms with E-state index in [2.05, 4.69) is 20.2 Å². The van der Waals surface area contributed by atoms with Gasteiger partial charge in [-0.25, -0.2) is 14.4 Å². The molecule has 0 aliphatic heterocycles. The third kappa shape index (κ3) is 3.53. The van der Waals surface area contributed by atoms with Gasteiger partial charge in [-0.1, -0.05) is 0 Å². The van der Waals surface area contributed by atoms with Crippen LogP contribution in [0.1, 0.15) is 13.8 Å². The van der Waals surface area contributed by atoms with E-state index >= 15 is 0 Å². The Morgan fingerprint density at radius 1 is 1.12 bits per heavy atom. The second kappa shape index (κ2) is 7.39. The molecule has 1 aromatic carbocycles. The highest BCUT2D eigenvalue weighted by molar-refractivity contribution is 7.99. The molecule has 0 radical (unpaired) electrons. The largest absolute Gasteiger partial charge is 0.478 e. The number of rotatable bonds is 6. The fraction of sp³-hybridized carbons (Fsp3) is 0.250. The Labute approximate surface area is 143 Å². The number of ether oxygens (including phenoxy) is 1. The predicted octanol–water partition coefficient (Wildman–Crippen LogP) is 3.44. The first-order chi connectivity index (χ1) is 11.7. The maximum Gasteiger partial charge on any atom is 0.217 e. The molecule has 8 heteroatoms. The minimum Gasteiger partial charge on any atom is -0.478 e. The molecule has 0 spiro atoms. The highest BCUT2D eigenvalue weighted by Gasteiger charge is 2.15.